The summed E-state index contributed by atoms with van der Waals surface area (Å²) in [6, 6.07) is 1.34. The fourth-order valence-corrected chi connectivity index (χ4v) is 2.67. The minimum atomic E-state index is -0.394. The van der Waals surface area contributed by atoms with E-state index in [-0.39, 0.29) is 6.09 Å². The van der Waals surface area contributed by atoms with Gasteiger partial charge >= 0.3 is 6.09 Å². The first-order valence-corrected chi connectivity index (χ1v) is 7.59. The molecule has 4 heteroatoms. The molecule has 2 fully saturated rings. The first-order chi connectivity index (χ1) is 8.85. The molecule has 1 N–H and O–H groups in total. The Labute approximate surface area is 116 Å². The van der Waals surface area contributed by atoms with Gasteiger partial charge in [0, 0.05) is 25.2 Å². The molecule has 0 aromatic rings. The van der Waals surface area contributed by atoms with Gasteiger partial charge in [-0.15, -0.1) is 0 Å². The highest BCUT2D eigenvalue weighted by Crippen LogP contribution is 2.26. The van der Waals surface area contributed by atoms with Gasteiger partial charge in [0.05, 0.1) is 0 Å². The normalized spacial score (nSPS) is 23.3. The van der Waals surface area contributed by atoms with Gasteiger partial charge in [0.25, 0.3) is 0 Å². The van der Waals surface area contributed by atoms with Crippen LogP contribution in [0.3, 0.4) is 0 Å². The van der Waals surface area contributed by atoms with Gasteiger partial charge in [0.1, 0.15) is 5.60 Å². The van der Waals surface area contributed by atoms with E-state index >= 15 is 0 Å². The molecule has 1 amide bonds. The standard InChI is InChI=1S/C15H28N2O2/c1-11(16-13-5-6-13)12-7-9-17(10-8-12)14(18)19-15(2,3)4/h11-13,16H,5-10H2,1-4H3. The summed E-state index contributed by atoms with van der Waals surface area (Å²) < 4.78 is 5.42. The number of likely N-dealkylation sites (tertiary alicyclic amines) is 1. The lowest BCUT2D eigenvalue weighted by Crippen LogP contribution is -2.46. The van der Waals surface area contributed by atoms with E-state index in [1.54, 1.807) is 0 Å². The molecule has 19 heavy (non-hydrogen) atoms. The van der Waals surface area contributed by atoms with Gasteiger partial charge in [-0.3, -0.25) is 0 Å². The number of hydrogen-bond donors (Lipinski definition) is 1. The van der Waals surface area contributed by atoms with Crippen LogP contribution in [0.1, 0.15) is 53.4 Å². The van der Waals surface area contributed by atoms with Crippen molar-refractivity contribution >= 4 is 6.09 Å². The lowest BCUT2D eigenvalue weighted by Gasteiger charge is -2.36. The van der Waals surface area contributed by atoms with Crippen molar-refractivity contribution in [2.24, 2.45) is 5.92 Å². The van der Waals surface area contributed by atoms with Crippen LogP contribution in [0.25, 0.3) is 0 Å². The van der Waals surface area contributed by atoms with Crippen LogP contribution in [0.2, 0.25) is 0 Å². The van der Waals surface area contributed by atoms with Gasteiger partial charge in [-0.2, -0.15) is 0 Å². The molecule has 1 aliphatic heterocycles. The second-order valence-corrected chi connectivity index (χ2v) is 7.03. The van der Waals surface area contributed by atoms with Gasteiger partial charge < -0.3 is 15.0 Å². The molecule has 2 rings (SSSR count). The van der Waals surface area contributed by atoms with Gasteiger partial charge in [0.2, 0.25) is 0 Å². The smallest absolute Gasteiger partial charge is 0.410 e. The third kappa shape index (κ3) is 4.68. The molecule has 1 unspecified atom stereocenters. The van der Waals surface area contributed by atoms with Crippen LogP contribution in [-0.2, 0) is 4.74 Å². The highest BCUT2D eigenvalue weighted by Gasteiger charge is 2.31. The maximum absolute atomic E-state index is 12.0. The van der Waals surface area contributed by atoms with Crippen LogP contribution >= 0.6 is 0 Å². The van der Waals surface area contributed by atoms with Crippen molar-refractivity contribution in [3.8, 4) is 0 Å². The van der Waals surface area contributed by atoms with Gasteiger partial charge in [-0.05, 0) is 59.3 Å². The summed E-state index contributed by atoms with van der Waals surface area (Å²) in [5, 5.41) is 3.67. The number of nitrogens with one attached hydrogen (secondary N) is 1. The van der Waals surface area contributed by atoms with E-state index in [1.807, 2.05) is 25.7 Å². The second kappa shape index (κ2) is 5.70. The molecule has 0 radical (unpaired) electrons. The topological polar surface area (TPSA) is 41.6 Å². The molecule has 1 atom stereocenters. The first-order valence-electron chi connectivity index (χ1n) is 7.59. The molecule has 0 aromatic carbocycles. The average molecular weight is 268 g/mol. The van der Waals surface area contributed by atoms with Gasteiger partial charge in [0.15, 0.2) is 0 Å². The van der Waals surface area contributed by atoms with Crippen molar-refractivity contribution in [1.29, 1.82) is 0 Å². The van der Waals surface area contributed by atoms with Crippen LogP contribution in [0.15, 0.2) is 0 Å². The quantitative estimate of drug-likeness (QED) is 0.855. The van der Waals surface area contributed by atoms with Crippen LogP contribution in [0, 0.1) is 5.92 Å². The fraction of sp³-hybridized carbons (Fsp3) is 0.933. The number of carbonyl (C=O) groups excluding carboxylic acids is 1. The molecular weight excluding hydrogens is 240 g/mol. The molecule has 0 bridgehead atoms. The Balaban J connectivity index is 1.73. The number of rotatable bonds is 3. The molecule has 1 saturated heterocycles. The van der Waals surface area contributed by atoms with Crippen LogP contribution < -0.4 is 5.32 Å². The molecule has 1 aliphatic carbocycles. The predicted octanol–water partition coefficient (Wildman–Crippen LogP) is 2.77. The molecule has 0 spiro atoms. The summed E-state index contributed by atoms with van der Waals surface area (Å²) in [4.78, 5) is 13.8. The minimum absolute atomic E-state index is 0.159. The van der Waals surface area contributed by atoms with Crippen molar-refractivity contribution in [3.05, 3.63) is 0 Å². The van der Waals surface area contributed by atoms with E-state index in [2.05, 4.69) is 12.2 Å². The van der Waals surface area contributed by atoms with E-state index in [0.29, 0.717) is 12.0 Å². The highest BCUT2D eigenvalue weighted by atomic mass is 16.6. The Morgan fingerprint density at radius 1 is 1.21 bits per heavy atom. The monoisotopic (exact) mass is 268 g/mol. The Hall–Kier alpha value is -0.770. The molecule has 4 nitrogen and oxygen atoms in total. The number of carbonyl (C=O) groups is 1. The zero-order chi connectivity index (χ0) is 14.0. The third-order valence-corrected chi connectivity index (χ3v) is 3.97. The number of hydrogen-bond acceptors (Lipinski definition) is 3. The lowest BCUT2D eigenvalue weighted by molar-refractivity contribution is 0.0171. The maximum atomic E-state index is 12.0. The third-order valence-electron chi connectivity index (χ3n) is 3.97. The predicted molar refractivity (Wildman–Crippen MR) is 76.2 cm³/mol. The van der Waals surface area contributed by atoms with Gasteiger partial charge in [-0.25, -0.2) is 4.79 Å². The van der Waals surface area contributed by atoms with Crippen molar-refractivity contribution in [2.45, 2.75) is 71.1 Å². The Morgan fingerprint density at radius 2 is 1.79 bits per heavy atom. The SMILES string of the molecule is CC(NC1CC1)C1CCN(C(=O)OC(C)(C)C)CC1. The molecular formula is C15H28N2O2. The van der Waals surface area contributed by atoms with E-state index < -0.39 is 5.60 Å². The number of nitrogens with zero attached hydrogens (tertiary/aromatic N) is 1. The Bertz CT molecular complexity index is 313. The van der Waals surface area contributed by atoms with E-state index in [0.717, 1.165) is 32.0 Å². The average Bonchev–Trinajstić information content (AvgIpc) is 3.11. The van der Waals surface area contributed by atoms with Crippen LogP contribution in [0.4, 0.5) is 4.79 Å². The second-order valence-electron chi connectivity index (χ2n) is 7.03. The van der Waals surface area contributed by atoms with Crippen molar-refractivity contribution < 1.29 is 9.53 Å². The number of amides is 1. The summed E-state index contributed by atoms with van der Waals surface area (Å²) in [5.74, 6) is 0.694. The molecule has 0 aromatic heterocycles. The molecule has 2 aliphatic rings. The Morgan fingerprint density at radius 3 is 2.26 bits per heavy atom. The highest BCUT2D eigenvalue weighted by molar-refractivity contribution is 5.68. The van der Waals surface area contributed by atoms with Crippen LogP contribution in [0.5, 0.6) is 0 Å². The van der Waals surface area contributed by atoms with E-state index in [9.17, 15) is 4.79 Å². The minimum Gasteiger partial charge on any atom is -0.444 e. The molecule has 1 heterocycles. The fourth-order valence-electron chi connectivity index (χ4n) is 2.67. The molecule has 110 valence electrons. The van der Waals surface area contributed by atoms with Gasteiger partial charge in [-0.1, -0.05) is 0 Å². The summed E-state index contributed by atoms with van der Waals surface area (Å²) in [6.45, 7) is 9.69. The van der Waals surface area contributed by atoms with E-state index in [4.69, 9.17) is 4.74 Å². The van der Waals surface area contributed by atoms with Crippen LogP contribution in [-0.4, -0.2) is 41.8 Å². The summed E-state index contributed by atoms with van der Waals surface area (Å²) in [6.07, 6.45) is 4.68. The number of piperidine rings is 1. The Kier molecular flexibility index (Phi) is 4.39. The van der Waals surface area contributed by atoms with E-state index in [1.165, 1.54) is 12.8 Å². The van der Waals surface area contributed by atoms with Crippen molar-refractivity contribution in [3.63, 3.8) is 0 Å². The molecule has 1 saturated carbocycles. The van der Waals surface area contributed by atoms with Crippen molar-refractivity contribution in [2.75, 3.05) is 13.1 Å². The summed E-state index contributed by atoms with van der Waals surface area (Å²) >= 11 is 0. The summed E-state index contributed by atoms with van der Waals surface area (Å²) in [5.41, 5.74) is -0.394. The zero-order valence-electron chi connectivity index (χ0n) is 12.7. The first kappa shape index (κ1) is 14.6. The lowest BCUT2D eigenvalue weighted by atomic mass is 9.90. The zero-order valence-corrected chi connectivity index (χ0v) is 12.7. The summed E-state index contributed by atoms with van der Waals surface area (Å²) in [7, 11) is 0. The maximum Gasteiger partial charge on any atom is 0.410 e. The largest absolute Gasteiger partial charge is 0.444 e. The number of ether oxygens (including phenoxy) is 1. The van der Waals surface area contributed by atoms with Crippen molar-refractivity contribution in [1.82, 2.24) is 10.2 Å².